The molecule has 2 heteroatoms. The van der Waals surface area contributed by atoms with Crippen molar-refractivity contribution < 1.29 is 0 Å². The average molecular weight is 189 g/mol. The van der Waals surface area contributed by atoms with Gasteiger partial charge in [-0.2, -0.15) is 0 Å². The van der Waals surface area contributed by atoms with Crippen LogP contribution in [0, 0.1) is 6.92 Å². The first-order valence-corrected chi connectivity index (χ1v) is 4.87. The zero-order valence-corrected chi connectivity index (χ0v) is 8.94. The molecule has 0 spiro atoms. The highest BCUT2D eigenvalue weighted by Gasteiger charge is 2.18. The van der Waals surface area contributed by atoms with E-state index in [0.29, 0.717) is 0 Å². The van der Waals surface area contributed by atoms with E-state index in [-0.39, 0.29) is 5.41 Å². The molecule has 62 valence electrons. The molecule has 1 aromatic heterocycles. The van der Waals surface area contributed by atoms with Crippen LogP contribution in [0.15, 0.2) is 6.07 Å². The van der Waals surface area contributed by atoms with Crippen molar-refractivity contribution in [3.05, 3.63) is 20.8 Å². The number of hydrogen-bond acceptors (Lipinski definition) is 1. The normalized spacial score (nSPS) is 12.1. The van der Waals surface area contributed by atoms with Crippen LogP contribution in [0.25, 0.3) is 0 Å². The van der Waals surface area contributed by atoms with Gasteiger partial charge in [-0.25, -0.2) is 0 Å². The highest BCUT2D eigenvalue weighted by Crippen LogP contribution is 2.35. The third-order valence-electron chi connectivity index (χ3n) is 1.57. The third-order valence-corrected chi connectivity index (χ3v) is 3.36. The van der Waals surface area contributed by atoms with Crippen molar-refractivity contribution in [1.29, 1.82) is 0 Å². The summed E-state index contributed by atoms with van der Waals surface area (Å²) in [4.78, 5) is 1.39. The molecule has 0 aliphatic rings. The standard InChI is InChI=1S/C9H13ClS/c1-6-5-7(10)11-8(6)9(2,3)4/h5H,1-4H3. The lowest BCUT2D eigenvalue weighted by molar-refractivity contribution is 0.600. The largest absolute Gasteiger partial charge is 0.128 e. The summed E-state index contributed by atoms with van der Waals surface area (Å²) in [5.74, 6) is 0. The van der Waals surface area contributed by atoms with Gasteiger partial charge in [0.15, 0.2) is 0 Å². The number of aryl methyl sites for hydroxylation is 1. The predicted molar refractivity (Wildman–Crippen MR) is 52.8 cm³/mol. The number of thiophene rings is 1. The maximum absolute atomic E-state index is 5.89. The molecular weight excluding hydrogens is 176 g/mol. The summed E-state index contributed by atoms with van der Waals surface area (Å²) in [6.07, 6.45) is 0. The Morgan fingerprint density at radius 1 is 1.36 bits per heavy atom. The van der Waals surface area contributed by atoms with E-state index in [1.54, 1.807) is 11.3 Å². The molecule has 1 rings (SSSR count). The maximum Gasteiger partial charge on any atom is 0.0934 e. The van der Waals surface area contributed by atoms with Crippen LogP contribution < -0.4 is 0 Å². The van der Waals surface area contributed by atoms with E-state index in [2.05, 4.69) is 27.7 Å². The summed E-state index contributed by atoms with van der Waals surface area (Å²) in [5.41, 5.74) is 1.55. The number of rotatable bonds is 0. The Hall–Kier alpha value is -0.0100. The fourth-order valence-corrected chi connectivity index (χ4v) is 2.54. The van der Waals surface area contributed by atoms with E-state index in [4.69, 9.17) is 11.6 Å². The van der Waals surface area contributed by atoms with Crippen molar-refractivity contribution in [3.63, 3.8) is 0 Å². The first-order chi connectivity index (χ1) is 4.91. The smallest absolute Gasteiger partial charge is 0.0934 e. The molecule has 1 aromatic rings. The molecular formula is C9H13ClS. The molecule has 0 unspecified atom stereocenters. The first kappa shape index (κ1) is 9.08. The lowest BCUT2D eigenvalue weighted by atomic mass is 9.92. The molecule has 0 saturated carbocycles. The molecule has 0 N–H and O–H groups in total. The molecule has 0 aliphatic heterocycles. The molecule has 0 aromatic carbocycles. The second-order valence-electron chi connectivity index (χ2n) is 3.81. The van der Waals surface area contributed by atoms with Gasteiger partial charge in [0.25, 0.3) is 0 Å². The average Bonchev–Trinajstić information content (AvgIpc) is 2.08. The zero-order chi connectivity index (χ0) is 8.65. The Balaban J connectivity index is 3.13. The Morgan fingerprint density at radius 2 is 1.91 bits per heavy atom. The van der Waals surface area contributed by atoms with E-state index in [9.17, 15) is 0 Å². The second-order valence-corrected chi connectivity index (χ2v) is 5.50. The molecule has 0 atom stereocenters. The third kappa shape index (κ3) is 1.97. The fraction of sp³-hybridized carbons (Fsp3) is 0.556. The van der Waals surface area contributed by atoms with Gasteiger partial charge in [0.2, 0.25) is 0 Å². The summed E-state index contributed by atoms with van der Waals surface area (Å²) in [6, 6.07) is 2.03. The maximum atomic E-state index is 5.89. The molecule has 0 bridgehead atoms. The van der Waals surface area contributed by atoms with E-state index in [1.165, 1.54) is 10.4 Å². The van der Waals surface area contributed by atoms with Crippen LogP contribution in [0.3, 0.4) is 0 Å². The summed E-state index contributed by atoms with van der Waals surface area (Å²) >= 11 is 7.58. The van der Waals surface area contributed by atoms with Crippen molar-refractivity contribution in [2.75, 3.05) is 0 Å². The Morgan fingerprint density at radius 3 is 2.09 bits per heavy atom. The Bertz CT molecular complexity index is 255. The fourth-order valence-electron chi connectivity index (χ4n) is 1.19. The number of halogens is 1. The monoisotopic (exact) mass is 188 g/mol. The SMILES string of the molecule is Cc1cc(Cl)sc1C(C)(C)C. The molecule has 0 aliphatic carbocycles. The minimum atomic E-state index is 0.238. The first-order valence-electron chi connectivity index (χ1n) is 3.67. The van der Waals surface area contributed by atoms with Crippen LogP contribution in [0.4, 0.5) is 0 Å². The van der Waals surface area contributed by atoms with Gasteiger partial charge < -0.3 is 0 Å². The van der Waals surface area contributed by atoms with Crippen molar-refractivity contribution in [2.45, 2.75) is 33.1 Å². The van der Waals surface area contributed by atoms with Gasteiger partial charge in [-0.15, -0.1) is 11.3 Å². The van der Waals surface area contributed by atoms with Crippen LogP contribution >= 0.6 is 22.9 Å². The van der Waals surface area contributed by atoms with Gasteiger partial charge in [0, 0.05) is 4.88 Å². The lowest BCUT2D eigenvalue weighted by Gasteiger charge is -2.17. The van der Waals surface area contributed by atoms with Crippen LogP contribution in [0.1, 0.15) is 31.2 Å². The molecule has 0 nitrogen and oxygen atoms in total. The van der Waals surface area contributed by atoms with Crippen molar-refractivity contribution in [1.82, 2.24) is 0 Å². The van der Waals surface area contributed by atoms with Crippen molar-refractivity contribution in [3.8, 4) is 0 Å². The topological polar surface area (TPSA) is 0 Å². The minimum Gasteiger partial charge on any atom is -0.128 e. The molecule has 11 heavy (non-hydrogen) atoms. The van der Waals surface area contributed by atoms with Crippen LogP contribution in [0.5, 0.6) is 0 Å². The summed E-state index contributed by atoms with van der Waals surface area (Å²) in [7, 11) is 0. The molecule has 1 heterocycles. The van der Waals surface area contributed by atoms with E-state index in [0.717, 1.165) is 4.34 Å². The predicted octanol–water partition coefficient (Wildman–Crippen LogP) is 4.01. The molecule has 0 amide bonds. The van der Waals surface area contributed by atoms with Crippen LogP contribution in [-0.2, 0) is 5.41 Å². The van der Waals surface area contributed by atoms with Gasteiger partial charge in [0.1, 0.15) is 0 Å². The summed E-state index contributed by atoms with van der Waals surface area (Å²) < 4.78 is 0.896. The van der Waals surface area contributed by atoms with Gasteiger partial charge in [0.05, 0.1) is 4.34 Å². The molecule has 0 fully saturated rings. The van der Waals surface area contributed by atoms with Gasteiger partial charge in [-0.05, 0) is 24.0 Å². The summed E-state index contributed by atoms with van der Waals surface area (Å²) in [6.45, 7) is 8.75. The quantitative estimate of drug-likeness (QED) is 0.577. The van der Waals surface area contributed by atoms with Crippen LogP contribution in [0.2, 0.25) is 4.34 Å². The van der Waals surface area contributed by atoms with Crippen LogP contribution in [-0.4, -0.2) is 0 Å². The summed E-state index contributed by atoms with van der Waals surface area (Å²) in [5, 5.41) is 0. The molecule has 0 saturated heterocycles. The van der Waals surface area contributed by atoms with E-state index >= 15 is 0 Å². The van der Waals surface area contributed by atoms with Gasteiger partial charge in [-0.3, -0.25) is 0 Å². The highest BCUT2D eigenvalue weighted by molar-refractivity contribution is 7.16. The van der Waals surface area contributed by atoms with Gasteiger partial charge in [-0.1, -0.05) is 32.4 Å². The second kappa shape index (κ2) is 2.80. The van der Waals surface area contributed by atoms with Crippen molar-refractivity contribution >= 4 is 22.9 Å². The van der Waals surface area contributed by atoms with Crippen molar-refractivity contribution in [2.24, 2.45) is 0 Å². The highest BCUT2D eigenvalue weighted by atomic mass is 35.5. The minimum absolute atomic E-state index is 0.238. The zero-order valence-electron chi connectivity index (χ0n) is 7.36. The lowest BCUT2D eigenvalue weighted by Crippen LogP contribution is -2.09. The number of hydrogen-bond donors (Lipinski definition) is 0. The van der Waals surface area contributed by atoms with E-state index < -0.39 is 0 Å². The Labute approximate surface area is 77.2 Å². The Kier molecular flexibility index (Phi) is 2.31. The van der Waals surface area contributed by atoms with E-state index in [1.807, 2.05) is 6.07 Å². The molecule has 0 radical (unpaired) electrons. The van der Waals surface area contributed by atoms with Gasteiger partial charge >= 0.3 is 0 Å².